The maximum Gasteiger partial charge on any atom is 0.269 e. The van der Waals surface area contributed by atoms with Crippen LogP contribution in [0.5, 0.6) is 0 Å². The van der Waals surface area contributed by atoms with E-state index in [-0.39, 0.29) is 11.4 Å². The Bertz CT molecular complexity index is 695. The van der Waals surface area contributed by atoms with Crippen molar-refractivity contribution >= 4 is 17.9 Å². The van der Waals surface area contributed by atoms with Crippen molar-refractivity contribution in [3.8, 4) is 0 Å². The van der Waals surface area contributed by atoms with Crippen molar-refractivity contribution in [3.63, 3.8) is 0 Å². The molecule has 0 atom stereocenters. The molecule has 0 aliphatic carbocycles. The molecule has 0 radical (unpaired) electrons. The molecular weight excluding hydrogens is 290 g/mol. The molecule has 0 aliphatic rings. The standard InChI is InChI=1S/C16H12F2N2O2/c17-13-6-1-11(2-7-13)3-10-15(21)19-20-16(22)12-4-8-14(18)9-5-12/h1-10H,(H,19,21)(H,20,22)/b10-3+. The highest BCUT2D eigenvalue weighted by atomic mass is 19.1. The van der Waals surface area contributed by atoms with Crippen LogP contribution in [0, 0.1) is 11.6 Å². The van der Waals surface area contributed by atoms with Gasteiger partial charge in [0.25, 0.3) is 11.8 Å². The van der Waals surface area contributed by atoms with E-state index in [9.17, 15) is 18.4 Å². The van der Waals surface area contributed by atoms with Crippen LogP contribution in [0.2, 0.25) is 0 Å². The van der Waals surface area contributed by atoms with E-state index in [0.29, 0.717) is 5.56 Å². The van der Waals surface area contributed by atoms with Gasteiger partial charge in [-0.2, -0.15) is 0 Å². The quantitative estimate of drug-likeness (QED) is 0.676. The van der Waals surface area contributed by atoms with Gasteiger partial charge in [0.1, 0.15) is 11.6 Å². The minimum atomic E-state index is -0.566. The van der Waals surface area contributed by atoms with E-state index in [1.54, 1.807) is 0 Å². The molecule has 2 aromatic carbocycles. The third kappa shape index (κ3) is 4.52. The molecule has 2 rings (SSSR count). The summed E-state index contributed by atoms with van der Waals surface area (Å²) in [6.07, 6.45) is 2.66. The zero-order chi connectivity index (χ0) is 15.9. The van der Waals surface area contributed by atoms with Gasteiger partial charge in [-0.25, -0.2) is 8.78 Å². The number of carbonyl (C=O) groups is 2. The number of benzene rings is 2. The van der Waals surface area contributed by atoms with Crippen LogP contribution in [0.4, 0.5) is 8.78 Å². The van der Waals surface area contributed by atoms with Gasteiger partial charge < -0.3 is 0 Å². The van der Waals surface area contributed by atoms with Gasteiger partial charge >= 0.3 is 0 Å². The van der Waals surface area contributed by atoms with Gasteiger partial charge in [-0.05, 0) is 48.0 Å². The Balaban J connectivity index is 1.86. The Morgan fingerprint density at radius 1 is 0.818 bits per heavy atom. The molecule has 0 spiro atoms. The second kappa shape index (κ2) is 7.12. The van der Waals surface area contributed by atoms with Gasteiger partial charge in [-0.15, -0.1) is 0 Å². The van der Waals surface area contributed by atoms with Crippen molar-refractivity contribution in [1.82, 2.24) is 10.9 Å². The van der Waals surface area contributed by atoms with Crippen LogP contribution in [-0.2, 0) is 4.79 Å². The number of halogens is 2. The average Bonchev–Trinajstić information content (AvgIpc) is 2.52. The first-order chi connectivity index (χ1) is 10.5. The second-order valence-electron chi connectivity index (χ2n) is 4.34. The van der Waals surface area contributed by atoms with Crippen molar-refractivity contribution in [2.24, 2.45) is 0 Å². The third-order valence-electron chi connectivity index (χ3n) is 2.70. The molecule has 22 heavy (non-hydrogen) atoms. The summed E-state index contributed by atoms with van der Waals surface area (Å²) in [7, 11) is 0. The first kappa shape index (κ1) is 15.4. The van der Waals surface area contributed by atoms with E-state index >= 15 is 0 Å². The minimum Gasteiger partial charge on any atom is -0.268 e. The first-order valence-corrected chi connectivity index (χ1v) is 6.34. The summed E-state index contributed by atoms with van der Waals surface area (Å²) in [6.45, 7) is 0. The SMILES string of the molecule is O=C(/C=C/c1ccc(F)cc1)NNC(=O)c1ccc(F)cc1. The average molecular weight is 302 g/mol. The Morgan fingerprint density at radius 3 is 1.95 bits per heavy atom. The van der Waals surface area contributed by atoms with Gasteiger partial charge in [0.15, 0.2) is 0 Å². The van der Waals surface area contributed by atoms with Crippen molar-refractivity contribution in [1.29, 1.82) is 0 Å². The highest BCUT2D eigenvalue weighted by Gasteiger charge is 2.05. The smallest absolute Gasteiger partial charge is 0.268 e. The Labute approximate surface area is 125 Å². The molecule has 0 bridgehead atoms. The Morgan fingerprint density at radius 2 is 1.36 bits per heavy atom. The maximum absolute atomic E-state index is 12.7. The molecule has 0 fully saturated rings. The predicted octanol–water partition coefficient (Wildman–Crippen LogP) is 2.44. The van der Waals surface area contributed by atoms with Crippen LogP contribution < -0.4 is 10.9 Å². The normalized spacial score (nSPS) is 10.5. The third-order valence-corrected chi connectivity index (χ3v) is 2.70. The monoisotopic (exact) mass is 302 g/mol. The van der Waals surface area contributed by atoms with E-state index in [0.717, 1.165) is 12.1 Å². The summed E-state index contributed by atoms with van der Waals surface area (Å²) in [5.41, 5.74) is 5.23. The number of rotatable bonds is 3. The predicted molar refractivity (Wildman–Crippen MR) is 77.4 cm³/mol. The Kier molecular flexibility index (Phi) is 4.98. The Hall–Kier alpha value is -3.02. The molecule has 0 saturated carbocycles. The molecule has 112 valence electrons. The summed E-state index contributed by atoms with van der Waals surface area (Å²) in [5.74, 6) is -1.95. The largest absolute Gasteiger partial charge is 0.269 e. The highest BCUT2D eigenvalue weighted by molar-refractivity contribution is 5.97. The van der Waals surface area contributed by atoms with Crippen LogP contribution in [0.1, 0.15) is 15.9 Å². The summed E-state index contributed by atoms with van der Waals surface area (Å²) < 4.78 is 25.4. The topological polar surface area (TPSA) is 58.2 Å². The molecule has 0 unspecified atom stereocenters. The molecule has 0 aliphatic heterocycles. The molecular formula is C16H12F2N2O2. The second-order valence-corrected chi connectivity index (χ2v) is 4.34. The molecule has 0 saturated heterocycles. The lowest BCUT2D eigenvalue weighted by molar-refractivity contribution is -0.117. The lowest BCUT2D eigenvalue weighted by Gasteiger charge is -2.05. The number of hydrazine groups is 1. The van der Waals surface area contributed by atoms with Crippen molar-refractivity contribution in [2.45, 2.75) is 0 Å². The van der Waals surface area contributed by atoms with Crippen LogP contribution in [0.3, 0.4) is 0 Å². The lowest BCUT2D eigenvalue weighted by Crippen LogP contribution is -2.40. The molecule has 4 nitrogen and oxygen atoms in total. The lowest BCUT2D eigenvalue weighted by atomic mass is 10.2. The number of hydrogen-bond acceptors (Lipinski definition) is 2. The molecule has 2 N–H and O–H groups in total. The number of amides is 2. The van der Waals surface area contributed by atoms with Gasteiger partial charge in [0.2, 0.25) is 0 Å². The fourth-order valence-electron chi connectivity index (χ4n) is 1.58. The zero-order valence-electron chi connectivity index (χ0n) is 11.3. The molecule has 6 heteroatoms. The maximum atomic E-state index is 12.7. The van der Waals surface area contributed by atoms with Crippen molar-refractivity contribution < 1.29 is 18.4 Å². The summed E-state index contributed by atoms with van der Waals surface area (Å²) in [5, 5.41) is 0. The number of hydrogen-bond donors (Lipinski definition) is 2. The summed E-state index contributed by atoms with van der Waals surface area (Å²) in [6, 6.07) is 10.4. The summed E-state index contributed by atoms with van der Waals surface area (Å²) in [4.78, 5) is 23.2. The van der Waals surface area contributed by atoms with E-state index in [1.165, 1.54) is 48.6 Å². The fourth-order valence-corrected chi connectivity index (χ4v) is 1.58. The fraction of sp³-hybridized carbons (Fsp3) is 0. The van der Waals surface area contributed by atoms with Crippen LogP contribution in [0.25, 0.3) is 6.08 Å². The van der Waals surface area contributed by atoms with Gasteiger partial charge in [0, 0.05) is 11.6 Å². The van der Waals surface area contributed by atoms with Crippen LogP contribution in [0.15, 0.2) is 54.6 Å². The molecule has 2 aromatic rings. The van der Waals surface area contributed by atoms with Gasteiger partial charge in [-0.3, -0.25) is 20.4 Å². The minimum absolute atomic E-state index is 0.212. The summed E-state index contributed by atoms with van der Waals surface area (Å²) >= 11 is 0. The zero-order valence-corrected chi connectivity index (χ0v) is 11.3. The first-order valence-electron chi connectivity index (χ1n) is 6.34. The van der Waals surface area contributed by atoms with E-state index in [2.05, 4.69) is 10.9 Å². The van der Waals surface area contributed by atoms with Crippen molar-refractivity contribution in [2.75, 3.05) is 0 Å². The van der Waals surface area contributed by atoms with Gasteiger partial charge in [-0.1, -0.05) is 12.1 Å². The molecule has 0 aromatic heterocycles. The number of carbonyl (C=O) groups excluding carboxylic acids is 2. The van der Waals surface area contributed by atoms with Crippen LogP contribution >= 0.6 is 0 Å². The van der Waals surface area contributed by atoms with E-state index in [1.807, 2.05) is 0 Å². The van der Waals surface area contributed by atoms with Gasteiger partial charge in [0.05, 0.1) is 0 Å². The van der Waals surface area contributed by atoms with Crippen LogP contribution in [-0.4, -0.2) is 11.8 Å². The molecule has 2 amide bonds. The number of nitrogens with one attached hydrogen (secondary N) is 2. The molecule has 0 heterocycles. The van der Waals surface area contributed by atoms with E-state index < -0.39 is 17.6 Å². The van der Waals surface area contributed by atoms with Crippen molar-refractivity contribution in [3.05, 3.63) is 77.4 Å². The highest BCUT2D eigenvalue weighted by Crippen LogP contribution is 2.04. The van der Waals surface area contributed by atoms with E-state index in [4.69, 9.17) is 0 Å².